The van der Waals surface area contributed by atoms with Crippen LogP contribution in [0.2, 0.25) is 5.02 Å². The normalized spacial score (nSPS) is 14.7. The Labute approximate surface area is 265 Å². The Bertz CT molecular complexity index is 2090. The monoisotopic (exact) mass is 644 g/mol. The van der Waals surface area contributed by atoms with Crippen molar-refractivity contribution in [1.29, 1.82) is 0 Å². The summed E-state index contributed by atoms with van der Waals surface area (Å²) in [6, 6.07) is 18.9. The smallest absolute Gasteiger partial charge is 0.338 e. The Balaban J connectivity index is 1.55. The third-order valence-corrected chi connectivity index (χ3v) is 8.72. The highest BCUT2D eigenvalue weighted by Gasteiger charge is 2.37. The zero-order valence-electron chi connectivity index (χ0n) is 23.8. The molecule has 4 heterocycles. The van der Waals surface area contributed by atoms with Crippen molar-refractivity contribution in [3.05, 3.63) is 126 Å². The van der Waals surface area contributed by atoms with E-state index in [-0.39, 0.29) is 17.7 Å². The molecule has 3 aromatic heterocycles. The molecule has 2 aromatic carbocycles. The molecule has 6 rings (SSSR count). The van der Waals surface area contributed by atoms with Crippen LogP contribution in [0.15, 0.2) is 103 Å². The molecule has 44 heavy (non-hydrogen) atoms. The summed E-state index contributed by atoms with van der Waals surface area (Å²) in [5.74, 6) is 0.328. The number of aromatic nitrogens is 3. The highest BCUT2D eigenvalue weighted by Crippen LogP contribution is 2.39. The SMILES string of the molecule is CCOC(=O)C1=C(c2ccccc2)N=c2s/c(=C\c3ccc(Sc4nccc(C)n4)o3)c(=O)n2[C@@H]1c1cc(Cl)ccc1OC. The van der Waals surface area contributed by atoms with Gasteiger partial charge in [-0.25, -0.2) is 19.8 Å². The molecule has 0 aliphatic carbocycles. The fraction of sp³-hybridized carbons (Fsp3) is 0.156. The predicted octanol–water partition coefficient (Wildman–Crippen LogP) is 5.44. The maximum Gasteiger partial charge on any atom is 0.338 e. The van der Waals surface area contributed by atoms with Gasteiger partial charge in [-0.15, -0.1) is 0 Å². The van der Waals surface area contributed by atoms with Crippen LogP contribution in [0.3, 0.4) is 0 Å². The van der Waals surface area contributed by atoms with Crippen LogP contribution in [-0.4, -0.2) is 34.2 Å². The number of carbonyl (C=O) groups excluding carboxylic acids is 1. The van der Waals surface area contributed by atoms with E-state index in [4.69, 9.17) is 30.5 Å². The van der Waals surface area contributed by atoms with Crippen molar-refractivity contribution < 1.29 is 18.7 Å². The number of ether oxygens (including phenoxy) is 2. The second-order valence-corrected chi connectivity index (χ2v) is 12.0. The van der Waals surface area contributed by atoms with Gasteiger partial charge in [0, 0.05) is 34.1 Å². The molecule has 1 atom stereocenters. The van der Waals surface area contributed by atoms with Crippen molar-refractivity contribution in [2.75, 3.05) is 13.7 Å². The van der Waals surface area contributed by atoms with Crippen molar-refractivity contribution in [2.24, 2.45) is 4.99 Å². The number of furan rings is 1. The van der Waals surface area contributed by atoms with Gasteiger partial charge in [0.15, 0.2) is 15.1 Å². The lowest BCUT2D eigenvalue weighted by Gasteiger charge is -2.27. The van der Waals surface area contributed by atoms with Crippen LogP contribution in [0, 0.1) is 6.92 Å². The van der Waals surface area contributed by atoms with Crippen LogP contribution in [-0.2, 0) is 9.53 Å². The van der Waals surface area contributed by atoms with Crippen LogP contribution in [0.1, 0.15) is 35.5 Å². The minimum atomic E-state index is -0.933. The summed E-state index contributed by atoms with van der Waals surface area (Å²) in [5.41, 5.74) is 2.31. The first-order chi connectivity index (χ1) is 21.4. The van der Waals surface area contributed by atoms with E-state index in [0.29, 0.717) is 52.9 Å². The van der Waals surface area contributed by atoms with E-state index < -0.39 is 12.0 Å². The predicted molar refractivity (Wildman–Crippen MR) is 169 cm³/mol. The molecule has 1 aliphatic rings. The molecule has 12 heteroatoms. The Morgan fingerprint density at radius 3 is 2.73 bits per heavy atom. The molecular formula is C32H25ClN4O5S2. The lowest BCUT2D eigenvalue weighted by atomic mass is 9.92. The molecule has 0 amide bonds. The standard InChI is InChI=1S/C32H25ClN4O5S2/c1-4-41-30(39)26-27(19-8-6-5-7-9-19)36-32-37(28(26)22-16-20(33)10-12-23(22)40-3)29(38)24(43-32)17-21-11-13-25(42-21)44-31-34-15-14-18(2)35-31/h5-17,28H,4H2,1-3H3/b24-17-/t28-/m1/s1. The first-order valence-electron chi connectivity index (χ1n) is 13.6. The van der Waals surface area contributed by atoms with Crippen molar-refractivity contribution in [3.8, 4) is 5.75 Å². The van der Waals surface area contributed by atoms with E-state index in [2.05, 4.69) is 9.97 Å². The topological polar surface area (TPSA) is 109 Å². The molecule has 1 aliphatic heterocycles. The van der Waals surface area contributed by atoms with Gasteiger partial charge in [0.25, 0.3) is 5.56 Å². The van der Waals surface area contributed by atoms with E-state index in [1.165, 1.54) is 34.8 Å². The summed E-state index contributed by atoms with van der Waals surface area (Å²) in [7, 11) is 1.52. The fourth-order valence-electron chi connectivity index (χ4n) is 4.81. The number of methoxy groups -OCH3 is 1. The van der Waals surface area contributed by atoms with Gasteiger partial charge in [-0.1, -0.05) is 53.3 Å². The van der Waals surface area contributed by atoms with Crippen LogP contribution in [0.25, 0.3) is 11.8 Å². The summed E-state index contributed by atoms with van der Waals surface area (Å²) >= 11 is 8.93. The Hall–Kier alpha value is -4.45. The van der Waals surface area contributed by atoms with Gasteiger partial charge in [0.1, 0.15) is 17.6 Å². The molecule has 0 fully saturated rings. The number of fused-ring (bicyclic) bond motifs is 1. The molecule has 0 unspecified atom stereocenters. The van der Waals surface area contributed by atoms with Crippen LogP contribution in [0.4, 0.5) is 0 Å². The number of benzene rings is 2. The quantitative estimate of drug-likeness (QED) is 0.162. The largest absolute Gasteiger partial charge is 0.496 e. The Morgan fingerprint density at radius 2 is 1.98 bits per heavy atom. The van der Waals surface area contributed by atoms with Crippen LogP contribution >= 0.6 is 34.7 Å². The van der Waals surface area contributed by atoms with Gasteiger partial charge in [-0.05, 0) is 62.0 Å². The fourth-order valence-corrected chi connectivity index (χ4v) is 6.73. The third kappa shape index (κ3) is 5.86. The first-order valence-corrected chi connectivity index (χ1v) is 15.6. The number of halogens is 1. The third-order valence-electron chi connectivity index (χ3n) is 6.70. The molecule has 0 spiro atoms. The lowest BCUT2D eigenvalue weighted by molar-refractivity contribution is -0.138. The van der Waals surface area contributed by atoms with E-state index in [1.54, 1.807) is 49.5 Å². The molecule has 0 saturated carbocycles. The highest BCUT2D eigenvalue weighted by atomic mass is 35.5. The minimum Gasteiger partial charge on any atom is -0.496 e. The molecule has 0 N–H and O–H groups in total. The van der Waals surface area contributed by atoms with Gasteiger partial charge in [-0.2, -0.15) is 0 Å². The number of hydrogen-bond donors (Lipinski definition) is 0. The number of esters is 1. The Kier molecular flexibility index (Phi) is 8.51. The number of aryl methyl sites for hydroxylation is 1. The lowest BCUT2D eigenvalue weighted by Crippen LogP contribution is -2.40. The molecule has 5 aromatic rings. The average molecular weight is 645 g/mol. The number of rotatable bonds is 8. The number of carbonyl (C=O) groups is 1. The Morgan fingerprint density at radius 1 is 1.16 bits per heavy atom. The molecule has 9 nitrogen and oxygen atoms in total. The summed E-state index contributed by atoms with van der Waals surface area (Å²) in [6.07, 6.45) is 3.35. The molecule has 0 bridgehead atoms. The summed E-state index contributed by atoms with van der Waals surface area (Å²) < 4.78 is 19.1. The van der Waals surface area contributed by atoms with E-state index >= 15 is 0 Å². The van der Waals surface area contributed by atoms with Crippen molar-refractivity contribution in [3.63, 3.8) is 0 Å². The van der Waals surface area contributed by atoms with Gasteiger partial charge >= 0.3 is 5.97 Å². The molecule has 222 valence electrons. The van der Waals surface area contributed by atoms with Crippen LogP contribution in [0.5, 0.6) is 5.75 Å². The zero-order chi connectivity index (χ0) is 30.8. The van der Waals surface area contributed by atoms with Gasteiger partial charge in [-0.3, -0.25) is 9.36 Å². The van der Waals surface area contributed by atoms with Crippen LogP contribution < -0.4 is 19.6 Å². The summed E-state index contributed by atoms with van der Waals surface area (Å²) in [4.78, 5) is 41.8. The maximum atomic E-state index is 14.2. The molecule has 0 radical (unpaired) electrons. The van der Waals surface area contributed by atoms with Crippen molar-refractivity contribution in [1.82, 2.24) is 14.5 Å². The summed E-state index contributed by atoms with van der Waals surface area (Å²) in [5, 5.41) is 1.55. The van der Waals surface area contributed by atoms with Gasteiger partial charge in [0.2, 0.25) is 0 Å². The van der Waals surface area contributed by atoms with Gasteiger partial charge in [0.05, 0.1) is 29.5 Å². The number of hydrogen-bond acceptors (Lipinski definition) is 10. The number of nitrogens with zero attached hydrogens (tertiary/aromatic N) is 4. The molecule has 0 saturated heterocycles. The second-order valence-electron chi connectivity index (χ2n) is 9.56. The van der Waals surface area contributed by atoms with E-state index in [9.17, 15) is 9.59 Å². The van der Waals surface area contributed by atoms with E-state index in [0.717, 1.165) is 5.69 Å². The summed E-state index contributed by atoms with van der Waals surface area (Å²) in [6.45, 7) is 3.76. The molecular weight excluding hydrogens is 620 g/mol. The maximum absolute atomic E-state index is 14.2. The van der Waals surface area contributed by atoms with Crippen molar-refractivity contribution >= 4 is 52.4 Å². The zero-order valence-corrected chi connectivity index (χ0v) is 26.2. The highest BCUT2D eigenvalue weighted by molar-refractivity contribution is 7.99. The van der Waals surface area contributed by atoms with E-state index in [1.807, 2.05) is 43.3 Å². The van der Waals surface area contributed by atoms with Gasteiger partial charge < -0.3 is 13.9 Å². The first kappa shape index (κ1) is 29.6. The van der Waals surface area contributed by atoms with Crippen molar-refractivity contribution in [2.45, 2.75) is 30.1 Å². The average Bonchev–Trinajstić information content (AvgIpc) is 3.59. The minimum absolute atomic E-state index is 0.140. The number of thiazole rings is 1. The second kappa shape index (κ2) is 12.7.